The normalized spacial score (nSPS) is 21.9. The molecule has 1 aromatic heterocycles. The molecule has 1 saturated carbocycles. The first-order valence-corrected chi connectivity index (χ1v) is 5.73. The summed E-state index contributed by atoms with van der Waals surface area (Å²) < 4.78 is 42.0. The van der Waals surface area contributed by atoms with E-state index in [9.17, 15) is 9.18 Å². The molecule has 1 aromatic carbocycles. The second-order valence-electron chi connectivity index (χ2n) is 4.78. The maximum Gasteiger partial charge on any atom is 0.224 e. The third kappa shape index (κ3) is 1.52. The lowest BCUT2D eigenvalue weighted by Gasteiger charge is -2.17. The second kappa shape index (κ2) is 3.57. The number of fused-ring (bicyclic) bond motifs is 1. The van der Waals surface area contributed by atoms with Crippen LogP contribution >= 0.6 is 0 Å². The third-order valence-electron chi connectivity index (χ3n) is 3.61. The highest BCUT2D eigenvalue weighted by Crippen LogP contribution is 2.56. The molecule has 1 atom stereocenters. The Balaban J connectivity index is 2.13. The van der Waals surface area contributed by atoms with Gasteiger partial charge in [0.2, 0.25) is 5.91 Å². The number of primary amides is 1. The van der Waals surface area contributed by atoms with Crippen molar-refractivity contribution in [2.75, 3.05) is 0 Å². The summed E-state index contributed by atoms with van der Waals surface area (Å²) in [6.45, 7) is -2.42. The van der Waals surface area contributed by atoms with Gasteiger partial charge >= 0.3 is 0 Å². The van der Waals surface area contributed by atoms with E-state index in [0.29, 0.717) is 23.8 Å². The summed E-state index contributed by atoms with van der Waals surface area (Å²) in [5, 5.41) is 0.472. The van der Waals surface area contributed by atoms with Gasteiger partial charge in [-0.1, -0.05) is 6.85 Å². The monoisotopic (exact) mass is 250 g/mol. The van der Waals surface area contributed by atoms with E-state index >= 15 is 0 Å². The molecule has 18 heavy (non-hydrogen) atoms. The van der Waals surface area contributed by atoms with Crippen molar-refractivity contribution in [2.45, 2.75) is 25.6 Å². The summed E-state index contributed by atoms with van der Waals surface area (Å²) in [5.74, 6) is -2.00. The van der Waals surface area contributed by atoms with Crippen molar-refractivity contribution < 1.29 is 17.7 Å². The van der Waals surface area contributed by atoms with Crippen molar-refractivity contribution in [3.63, 3.8) is 0 Å². The number of amides is 1. The van der Waals surface area contributed by atoms with Crippen LogP contribution in [-0.4, -0.2) is 5.91 Å². The van der Waals surface area contributed by atoms with Crippen LogP contribution in [0.4, 0.5) is 4.39 Å². The lowest BCUT2D eigenvalue weighted by molar-refractivity contribution is -0.123. The number of carbonyl (C=O) groups excluding carboxylic acids is 1. The fourth-order valence-corrected chi connectivity index (χ4v) is 2.26. The van der Waals surface area contributed by atoms with Crippen LogP contribution in [0.2, 0.25) is 0 Å². The molecule has 1 amide bonds. The van der Waals surface area contributed by atoms with Gasteiger partial charge in [-0.25, -0.2) is 4.39 Å². The first kappa shape index (κ1) is 8.29. The van der Waals surface area contributed by atoms with E-state index < -0.39 is 29.9 Å². The van der Waals surface area contributed by atoms with Gasteiger partial charge in [0.05, 0.1) is 5.41 Å². The molecule has 1 aliphatic rings. The maximum absolute atomic E-state index is 13.2. The van der Waals surface area contributed by atoms with E-state index in [0.717, 1.165) is 0 Å². The number of rotatable bonds is 3. The van der Waals surface area contributed by atoms with Gasteiger partial charge in [0.1, 0.15) is 17.2 Å². The number of hydrogen-bond acceptors (Lipinski definition) is 2. The molecule has 2 aromatic rings. The van der Waals surface area contributed by atoms with Gasteiger partial charge in [-0.2, -0.15) is 0 Å². The Hall–Kier alpha value is -1.84. The van der Waals surface area contributed by atoms with Gasteiger partial charge in [0.25, 0.3) is 0 Å². The van der Waals surface area contributed by atoms with Gasteiger partial charge in [-0.3, -0.25) is 4.79 Å². The van der Waals surface area contributed by atoms with Gasteiger partial charge in [0.15, 0.2) is 0 Å². The molecule has 0 unspecified atom stereocenters. The smallest absolute Gasteiger partial charge is 0.224 e. The first-order valence-electron chi connectivity index (χ1n) is 7.23. The van der Waals surface area contributed by atoms with Crippen LogP contribution in [0.3, 0.4) is 0 Å². The summed E-state index contributed by atoms with van der Waals surface area (Å²) >= 11 is 0. The molecule has 94 valence electrons. The predicted octanol–water partition coefficient (Wildman–Crippen LogP) is 2.94. The number of nitrogens with two attached hydrogens (primary N) is 1. The summed E-state index contributed by atoms with van der Waals surface area (Å²) in [7, 11) is 0. The second-order valence-corrected chi connectivity index (χ2v) is 4.78. The lowest BCUT2D eigenvalue weighted by Crippen LogP contribution is -2.29. The molecular formula is C14H14FNO2. The highest BCUT2D eigenvalue weighted by Gasteiger charge is 2.54. The first-order chi connectivity index (χ1) is 9.74. The van der Waals surface area contributed by atoms with E-state index in [4.69, 9.17) is 14.3 Å². The zero-order valence-corrected chi connectivity index (χ0v) is 9.57. The van der Waals surface area contributed by atoms with Crippen LogP contribution in [0.1, 0.15) is 35.5 Å². The highest BCUT2D eigenvalue weighted by molar-refractivity contribution is 5.85. The average Bonchev–Trinajstić information content (AvgIpc) is 3.02. The van der Waals surface area contributed by atoms with Crippen LogP contribution in [0, 0.1) is 11.2 Å². The maximum atomic E-state index is 13.2. The molecule has 0 spiro atoms. The van der Waals surface area contributed by atoms with Crippen LogP contribution in [0.15, 0.2) is 28.7 Å². The third-order valence-corrected chi connectivity index (χ3v) is 3.61. The quantitative estimate of drug-likeness (QED) is 0.910. The van der Waals surface area contributed by atoms with E-state index in [-0.39, 0.29) is 5.76 Å². The standard InChI is InChI=1S/C14H14FNO2/c1-8(14(4-5-14)13(16)17)12-7-9-6-10(15)2-3-11(9)18-12/h2-3,6-8H,4-5H2,1H3,(H2,16,17)/t8-/m0/s1/i1D3. The summed E-state index contributed by atoms with van der Waals surface area (Å²) in [4.78, 5) is 11.7. The lowest BCUT2D eigenvalue weighted by atomic mass is 9.88. The fourth-order valence-electron chi connectivity index (χ4n) is 2.26. The predicted molar refractivity (Wildman–Crippen MR) is 65.4 cm³/mol. The van der Waals surface area contributed by atoms with Gasteiger partial charge < -0.3 is 10.2 Å². The molecule has 0 bridgehead atoms. The average molecular weight is 250 g/mol. The highest BCUT2D eigenvalue weighted by atomic mass is 19.1. The van der Waals surface area contributed by atoms with Gasteiger partial charge in [-0.15, -0.1) is 0 Å². The summed E-state index contributed by atoms with van der Waals surface area (Å²) in [5.41, 5.74) is 4.70. The van der Waals surface area contributed by atoms with E-state index in [2.05, 4.69) is 0 Å². The van der Waals surface area contributed by atoms with Crippen molar-refractivity contribution >= 4 is 16.9 Å². The Kier molecular flexibility index (Phi) is 1.65. The Morgan fingerprint density at radius 3 is 2.94 bits per heavy atom. The van der Waals surface area contributed by atoms with E-state index in [1.165, 1.54) is 24.3 Å². The number of carbonyl (C=O) groups is 1. The summed E-state index contributed by atoms with van der Waals surface area (Å²) in [6.07, 6.45) is 0.855. The van der Waals surface area contributed by atoms with Crippen LogP contribution < -0.4 is 5.73 Å². The molecule has 1 fully saturated rings. The molecule has 0 saturated heterocycles. The van der Waals surface area contributed by atoms with Crippen molar-refractivity contribution in [2.24, 2.45) is 11.1 Å². The molecule has 0 aliphatic heterocycles. The molecule has 3 nitrogen and oxygen atoms in total. The fraction of sp³-hybridized carbons (Fsp3) is 0.357. The van der Waals surface area contributed by atoms with Gasteiger partial charge in [-0.05, 0) is 37.1 Å². The minimum atomic E-state index is -2.42. The van der Waals surface area contributed by atoms with Crippen LogP contribution in [0.5, 0.6) is 0 Å². The van der Waals surface area contributed by atoms with E-state index in [1.807, 2.05) is 0 Å². The number of hydrogen-bond donors (Lipinski definition) is 1. The molecule has 1 aliphatic carbocycles. The SMILES string of the molecule is [2H]C([2H])([2H])[C@@H](c1cc2cc(F)ccc2o1)C1(C(N)=O)CC1. The molecule has 3 rings (SSSR count). The molecular weight excluding hydrogens is 233 g/mol. The van der Waals surface area contributed by atoms with Crippen molar-refractivity contribution in [3.05, 3.63) is 35.8 Å². The zero-order valence-electron chi connectivity index (χ0n) is 12.6. The molecule has 4 heteroatoms. The van der Waals surface area contributed by atoms with Gasteiger partial charge in [0, 0.05) is 15.4 Å². The Bertz CT molecular complexity index is 719. The zero-order chi connectivity index (χ0) is 15.4. The number of furan rings is 1. The Labute approximate surface area is 108 Å². The topological polar surface area (TPSA) is 56.2 Å². The molecule has 0 radical (unpaired) electrons. The van der Waals surface area contributed by atoms with Crippen molar-refractivity contribution in [1.29, 1.82) is 0 Å². The van der Waals surface area contributed by atoms with Crippen LogP contribution in [0.25, 0.3) is 11.0 Å². The Morgan fingerprint density at radius 1 is 1.56 bits per heavy atom. The molecule has 2 N–H and O–H groups in total. The van der Waals surface area contributed by atoms with Crippen LogP contribution in [-0.2, 0) is 4.79 Å². The minimum absolute atomic E-state index is 0.159. The van der Waals surface area contributed by atoms with Crippen molar-refractivity contribution in [1.82, 2.24) is 0 Å². The summed E-state index contributed by atoms with van der Waals surface area (Å²) in [6, 6.07) is 5.43. The Morgan fingerprint density at radius 2 is 2.33 bits per heavy atom. The molecule has 1 heterocycles. The van der Waals surface area contributed by atoms with Crippen molar-refractivity contribution in [3.8, 4) is 0 Å². The van der Waals surface area contributed by atoms with E-state index in [1.54, 1.807) is 0 Å². The number of benzene rings is 1. The number of halogens is 1. The minimum Gasteiger partial charge on any atom is -0.461 e. The largest absolute Gasteiger partial charge is 0.461 e.